The van der Waals surface area contributed by atoms with Gasteiger partial charge < -0.3 is 14.5 Å². The number of nitrogens with zero attached hydrogens (tertiary/aromatic N) is 2. The molecule has 5 heteroatoms. The topological polar surface area (TPSA) is 32.8 Å². The molecule has 0 aliphatic carbocycles. The Morgan fingerprint density at radius 2 is 2.13 bits per heavy atom. The van der Waals surface area contributed by atoms with Crippen LogP contribution in [0.3, 0.4) is 0 Å². The smallest absolute Gasteiger partial charge is 0.320 e. The van der Waals surface area contributed by atoms with Gasteiger partial charge in [0.2, 0.25) is 0 Å². The molecule has 3 saturated heterocycles. The van der Waals surface area contributed by atoms with Gasteiger partial charge in [0.15, 0.2) is 0 Å². The fourth-order valence-electron chi connectivity index (χ4n) is 2.57. The van der Waals surface area contributed by atoms with E-state index in [1.54, 1.807) is 0 Å². The van der Waals surface area contributed by atoms with E-state index in [2.05, 4.69) is 4.90 Å². The first-order valence-electron chi connectivity index (χ1n) is 5.59. The van der Waals surface area contributed by atoms with Gasteiger partial charge in [0, 0.05) is 36.7 Å². The van der Waals surface area contributed by atoms with Gasteiger partial charge in [-0.05, 0) is 6.42 Å². The quantitative estimate of drug-likeness (QED) is 0.609. The van der Waals surface area contributed by atoms with Gasteiger partial charge in [-0.3, -0.25) is 0 Å². The molecule has 2 bridgehead atoms. The number of thioether (sulfide) groups is 1. The van der Waals surface area contributed by atoms with E-state index in [1.807, 2.05) is 16.7 Å². The van der Waals surface area contributed by atoms with Crippen LogP contribution in [0, 0.1) is 0 Å². The fraction of sp³-hybridized carbons (Fsp3) is 0.900. The lowest BCUT2D eigenvalue weighted by Crippen LogP contribution is -2.51. The van der Waals surface area contributed by atoms with Crippen molar-refractivity contribution in [3.05, 3.63) is 0 Å². The van der Waals surface area contributed by atoms with Crippen molar-refractivity contribution in [2.75, 3.05) is 38.6 Å². The van der Waals surface area contributed by atoms with Crippen molar-refractivity contribution in [3.63, 3.8) is 0 Å². The van der Waals surface area contributed by atoms with E-state index in [1.165, 1.54) is 6.42 Å². The molecular formula is C10H16N2O2S. The SMILES string of the molecule is O=C(N1CCOCC1)N1CC2CC1CS2. The van der Waals surface area contributed by atoms with Crippen molar-refractivity contribution in [3.8, 4) is 0 Å². The zero-order valence-electron chi connectivity index (χ0n) is 8.72. The first-order chi connectivity index (χ1) is 7.34. The minimum absolute atomic E-state index is 0.242. The number of fused-ring (bicyclic) bond motifs is 2. The second-order valence-electron chi connectivity index (χ2n) is 4.38. The highest BCUT2D eigenvalue weighted by molar-refractivity contribution is 8.00. The third kappa shape index (κ3) is 1.72. The largest absolute Gasteiger partial charge is 0.378 e. The fourth-order valence-corrected chi connectivity index (χ4v) is 4.00. The summed E-state index contributed by atoms with van der Waals surface area (Å²) >= 11 is 2.02. The van der Waals surface area contributed by atoms with E-state index >= 15 is 0 Å². The first-order valence-corrected chi connectivity index (χ1v) is 6.64. The van der Waals surface area contributed by atoms with Crippen LogP contribution in [0.25, 0.3) is 0 Å². The first kappa shape index (κ1) is 9.78. The molecule has 0 radical (unpaired) electrons. The molecule has 2 unspecified atom stereocenters. The highest BCUT2D eigenvalue weighted by Gasteiger charge is 2.42. The summed E-state index contributed by atoms with van der Waals surface area (Å²) in [6, 6.07) is 0.751. The Labute approximate surface area is 93.9 Å². The number of hydrogen-bond acceptors (Lipinski definition) is 3. The summed E-state index contributed by atoms with van der Waals surface area (Å²) < 4.78 is 5.26. The van der Waals surface area contributed by atoms with Crippen LogP contribution in [0.5, 0.6) is 0 Å². The molecule has 3 aliphatic heterocycles. The van der Waals surface area contributed by atoms with E-state index < -0.39 is 0 Å². The lowest BCUT2D eigenvalue weighted by molar-refractivity contribution is 0.0428. The molecule has 0 N–H and O–H groups in total. The predicted octanol–water partition coefficient (Wildman–Crippen LogP) is 0.628. The summed E-state index contributed by atoms with van der Waals surface area (Å²) in [5, 5.41) is 0.708. The molecule has 0 aromatic heterocycles. The molecule has 84 valence electrons. The Kier molecular flexibility index (Phi) is 2.52. The van der Waals surface area contributed by atoms with Crippen molar-refractivity contribution in [2.45, 2.75) is 17.7 Å². The molecule has 0 spiro atoms. The molecule has 0 aromatic rings. The van der Waals surface area contributed by atoms with Gasteiger partial charge in [0.25, 0.3) is 0 Å². The predicted molar refractivity (Wildman–Crippen MR) is 59.1 cm³/mol. The molecule has 2 atom stereocenters. The minimum Gasteiger partial charge on any atom is -0.378 e. The average Bonchev–Trinajstić information content (AvgIpc) is 2.91. The lowest BCUT2D eigenvalue weighted by Gasteiger charge is -2.34. The molecule has 0 aromatic carbocycles. The van der Waals surface area contributed by atoms with Gasteiger partial charge in [0.05, 0.1) is 13.2 Å². The molecule has 3 aliphatic rings. The second-order valence-corrected chi connectivity index (χ2v) is 5.71. The zero-order valence-corrected chi connectivity index (χ0v) is 9.54. The Morgan fingerprint density at radius 3 is 2.73 bits per heavy atom. The molecule has 0 saturated carbocycles. The number of amides is 2. The van der Waals surface area contributed by atoms with Gasteiger partial charge in [-0.2, -0.15) is 11.8 Å². The minimum atomic E-state index is 0.242. The molecule has 3 rings (SSSR count). The molecule has 3 fully saturated rings. The average molecular weight is 228 g/mol. The molecule has 15 heavy (non-hydrogen) atoms. The van der Waals surface area contributed by atoms with Gasteiger partial charge >= 0.3 is 6.03 Å². The van der Waals surface area contributed by atoms with Crippen LogP contribution in [0.15, 0.2) is 0 Å². The maximum Gasteiger partial charge on any atom is 0.320 e. The van der Waals surface area contributed by atoms with Crippen LogP contribution in [-0.2, 0) is 4.74 Å². The number of urea groups is 1. The van der Waals surface area contributed by atoms with Crippen LogP contribution >= 0.6 is 11.8 Å². The van der Waals surface area contributed by atoms with E-state index in [9.17, 15) is 4.79 Å². The Balaban J connectivity index is 1.64. The van der Waals surface area contributed by atoms with Crippen LogP contribution in [0.4, 0.5) is 4.79 Å². The number of rotatable bonds is 0. The van der Waals surface area contributed by atoms with Crippen LogP contribution in [0.1, 0.15) is 6.42 Å². The summed E-state index contributed by atoms with van der Waals surface area (Å²) in [6.45, 7) is 3.89. The van der Waals surface area contributed by atoms with Crippen molar-refractivity contribution < 1.29 is 9.53 Å². The van der Waals surface area contributed by atoms with Gasteiger partial charge in [-0.15, -0.1) is 0 Å². The van der Waals surface area contributed by atoms with Gasteiger partial charge in [-0.25, -0.2) is 4.79 Å². The number of ether oxygens (including phenoxy) is 1. The van der Waals surface area contributed by atoms with E-state index in [0.717, 1.165) is 25.4 Å². The van der Waals surface area contributed by atoms with Gasteiger partial charge in [0.1, 0.15) is 0 Å². The Bertz CT molecular complexity index is 268. The molecule has 4 nitrogen and oxygen atoms in total. The molecule has 2 amide bonds. The van der Waals surface area contributed by atoms with Crippen molar-refractivity contribution in [2.24, 2.45) is 0 Å². The van der Waals surface area contributed by atoms with Crippen molar-refractivity contribution in [1.82, 2.24) is 9.80 Å². The van der Waals surface area contributed by atoms with E-state index in [0.29, 0.717) is 24.5 Å². The third-order valence-corrected chi connectivity index (χ3v) is 4.82. The maximum absolute atomic E-state index is 12.2. The second kappa shape index (κ2) is 3.87. The summed E-state index contributed by atoms with van der Waals surface area (Å²) in [6.07, 6.45) is 1.21. The number of morpholine rings is 1. The normalized spacial score (nSPS) is 34.9. The maximum atomic E-state index is 12.2. The summed E-state index contributed by atoms with van der Waals surface area (Å²) in [5.41, 5.74) is 0. The van der Waals surface area contributed by atoms with Crippen molar-refractivity contribution in [1.29, 1.82) is 0 Å². The van der Waals surface area contributed by atoms with Gasteiger partial charge in [-0.1, -0.05) is 0 Å². The monoisotopic (exact) mass is 228 g/mol. The highest BCUT2D eigenvalue weighted by Crippen LogP contribution is 2.37. The number of hydrogen-bond donors (Lipinski definition) is 0. The standard InChI is InChI=1S/C10H16N2O2S/c13-10(11-1-3-14-4-2-11)12-6-9-5-8(12)7-15-9/h8-9H,1-7H2. The number of carbonyl (C=O) groups excluding carboxylic acids is 1. The van der Waals surface area contributed by atoms with Crippen LogP contribution in [0.2, 0.25) is 0 Å². The van der Waals surface area contributed by atoms with Crippen LogP contribution in [-0.4, -0.2) is 65.7 Å². The van der Waals surface area contributed by atoms with E-state index in [4.69, 9.17) is 4.74 Å². The summed E-state index contributed by atoms with van der Waals surface area (Å²) in [7, 11) is 0. The summed E-state index contributed by atoms with van der Waals surface area (Å²) in [5.74, 6) is 1.14. The van der Waals surface area contributed by atoms with E-state index in [-0.39, 0.29) is 6.03 Å². The molecule has 3 heterocycles. The Morgan fingerprint density at radius 1 is 1.33 bits per heavy atom. The highest BCUT2D eigenvalue weighted by atomic mass is 32.2. The van der Waals surface area contributed by atoms with Crippen molar-refractivity contribution >= 4 is 17.8 Å². The number of carbonyl (C=O) groups is 1. The lowest BCUT2D eigenvalue weighted by atomic mass is 10.2. The number of likely N-dealkylation sites (tertiary alicyclic amines) is 1. The molecular weight excluding hydrogens is 212 g/mol. The van der Waals surface area contributed by atoms with Crippen LogP contribution < -0.4 is 0 Å². The Hall–Kier alpha value is -0.420. The summed E-state index contributed by atoms with van der Waals surface area (Å²) in [4.78, 5) is 16.2. The zero-order chi connectivity index (χ0) is 10.3. The third-order valence-electron chi connectivity index (χ3n) is 3.43.